The molecule has 0 bridgehead atoms. The van der Waals surface area contributed by atoms with E-state index in [1.165, 1.54) is 16.2 Å². The molecule has 0 saturated heterocycles. The molecular weight excluding hydrogens is 353 g/mol. The van der Waals surface area contributed by atoms with Gasteiger partial charge in [0.2, 0.25) is 5.91 Å². The number of benzene rings is 1. The van der Waals surface area contributed by atoms with Gasteiger partial charge in [0.1, 0.15) is 6.54 Å². The normalized spacial score (nSPS) is 11.8. The third kappa shape index (κ3) is 3.63. The molecule has 0 atom stereocenters. The standard InChI is InChI=1S/C16H15F3N4O3/c1-10-8-13(16(17,18)19)21-23(10)7-6-20-14(24)9-22-11-4-2-3-5-12(11)26-15(22)25/h2-5,8H,6-7,9H2,1H3,(H,20,24). The Labute approximate surface area is 145 Å². The molecule has 0 spiro atoms. The number of carbonyl (C=O) groups is 1. The molecule has 138 valence electrons. The summed E-state index contributed by atoms with van der Waals surface area (Å²) in [5.74, 6) is -1.11. The first-order chi connectivity index (χ1) is 12.3. The van der Waals surface area contributed by atoms with E-state index in [0.717, 1.165) is 6.07 Å². The molecule has 1 N–H and O–H groups in total. The van der Waals surface area contributed by atoms with E-state index in [2.05, 4.69) is 10.4 Å². The van der Waals surface area contributed by atoms with Crippen LogP contribution in [0.3, 0.4) is 0 Å². The molecule has 0 aliphatic rings. The van der Waals surface area contributed by atoms with E-state index in [-0.39, 0.29) is 19.6 Å². The maximum absolute atomic E-state index is 12.6. The maximum atomic E-state index is 12.6. The monoisotopic (exact) mass is 368 g/mol. The topological polar surface area (TPSA) is 82.1 Å². The number of para-hydroxylation sites is 2. The summed E-state index contributed by atoms with van der Waals surface area (Å²) in [6, 6.07) is 7.63. The number of aromatic nitrogens is 3. The first-order valence-corrected chi connectivity index (χ1v) is 7.72. The summed E-state index contributed by atoms with van der Waals surface area (Å²) < 4.78 is 45.3. The third-order valence-electron chi connectivity index (χ3n) is 3.79. The van der Waals surface area contributed by atoms with Gasteiger partial charge in [0, 0.05) is 12.2 Å². The Morgan fingerprint density at radius 1 is 1.31 bits per heavy atom. The van der Waals surface area contributed by atoms with Crippen LogP contribution in [-0.2, 0) is 24.1 Å². The van der Waals surface area contributed by atoms with Crippen LogP contribution in [0.1, 0.15) is 11.4 Å². The molecule has 26 heavy (non-hydrogen) atoms. The SMILES string of the molecule is Cc1cc(C(F)(F)F)nn1CCNC(=O)Cn1c(=O)oc2ccccc21. The number of halogens is 3. The summed E-state index contributed by atoms with van der Waals surface area (Å²) in [4.78, 5) is 23.8. The molecule has 0 aliphatic heterocycles. The lowest BCUT2D eigenvalue weighted by molar-refractivity contribution is -0.141. The number of alkyl halides is 3. The third-order valence-corrected chi connectivity index (χ3v) is 3.79. The Balaban J connectivity index is 1.60. The van der Waals surface area contributed by atoms with E-state index in [9.17, 15) is 22.8 Å². The average Bonchev–Trinajstić information content (AvgIpc) is 3.08. The number of aryl methyl sites for hydroxylation is 1. The van der Waals surface area contributed by atoms with Crippen molar-refractivity contribution in [3.8, 4) is 0 Å². The summed E-state index contributed by atoms with van der Waals surface area (Å²) in [5, 5.41) is 6.03. The molecule has 3 rings (SSSR count). The van der Waals surface area contributed by atoms with Gasteiger partial charge in [-0.15, -0.1) is 0 Å². The highest BCUT2D eigenvalue weighted by Gasteiger charge is 2.34. The summed E-state index contributed by atoms with van der Waals surface area (Å²) >= 11 is 0. The van der Waals surface area contributed by atoms with Crippen LogP contribution in [0.5, 0.6) is 0 Å². The fourth-order valence-corrected chi connectivity index (χ4v) is 2.54. The summed E-state index contributed by atoms with van der Waals surface area (Å²) in [5.41, 5.74) is 0.226. The molecule has 0 unspecified atom stereocenters. The van der Waals surface area contributed by atoms with Crippen LogP contribution >= 0.6 is 0 Å². The van der Waals surface area contributed by atoms with Gasteiger partial charge in [-0.25, -0.2) is 4.79 Å². The van der Waals surface area contributed by atoms with Gasteiger partial charge in [0.15, 0.2) is 11.3 Å². The Morgan fingerprint density at radius 3 is 2.73 bits per heavy atom. The highest BCUT2D eigenvalue weighted by Crippen LogP contribution is 2.28. The number of carbonyl (C=O) groups excluding carboxylic acids is 1. The van der Waals surface area contributed by atoms with Gasteiger partial charge in [0.25, 0.3) is 0 Å². The summed E-state index contributed by atoms with van der Waals surface area (Å²) in [6.07, 6.45) is -4.51. The zero-order valence-electron chi connectivity index (χ0n) is 13.7. The van der Waals surface area contributed by atoms with Crippen molar-refractivity contribution in [2.24, 2.45) is 0 Å². The van der Waals surface area contributed by atoms with E-state index < -0.39 is 23.5 Å². The van der Waals surface area contributed by atoms with Crippen molar-refractivity contribution in [2.75, 3.05) is 6.54 Å². The minimum Gasteiger partial charge on any atom is -0.408 e. The summed E-state index contributed by atoms with van der Waals surface area (Å²) in [6.45, 7) is 1.40. The van der Waals surface area contributed by atoms with Gasteiger partial charge in [-0.2, -0.15) is 18.3 Å². The van der Waals surface area contributed by atoms with Crippen molar-refractivity contribution in [2.45, 2.75) is 26.2 Å². The molecule has 0 radical (unpaired) electrons. The molecule has 7 nitrogen and oxygen atoms in total. The van der Waals surface area contributed by atoms with Crippen LogP contribution in [0.2, 0.25) is 0 Å². The molecule has 2 aromatic heterocycles. The van der Waals surface area contributed by atoms with Gasteiger partial charge in [-0.05, 0) is 25.1 Å². The van der Waals surface area contributed by atoms with Crippen molar-refractivity contribution < 1.29 is 22.4 Å². The van der Waals surface area contributed by atoms with Crippen LogP contribution in [-0.4, -0.2) is 26.8 Å². The summed E-state index contributed by atoms with van der Waals surface area (Å²) in [7, 11) is 0. The van der Waals surface area contributed by atoms with Gasteiger partial charge >= 0.3 is 11.9 Å². The fraction of sp³-hybridized carbons (Fsp3) is 0.312. The molecule has 0 saturated carbocycles. The number of nitrogens with zero attached hydrogens (tertiary/aromatic N) is 3. The van der Waals surface area contributed by atoms with Crippen molar-refractivity contribution in [3.05, 3.63) is 52.3 Å². The second-order valence-corrected chi connectivity index (χ2v) is 5.66. The molecule has 0 aliphatic carbocycles. The van der Waals surface area contributed by atoms with Crippen molar-refractivity contribution in [3.63, 3.8) is 0 Å². The molecular formula is C16H15F3N4O3. The Morgan fingerprint density at radius 2 is 2.04 bits per heavy atom. The Bertz CT molecular complexity index is 1000. The van der Waals surface area contributed by atoms with Crippen LogP contribution in [0, 0.1) is 6.92 Å². The zero-order chi connectivity index (χ0) is 18.9. The molecule has 1 aromatic carbocycles. The van der Waals surface area contributed by atoms with Gasteiger partial charge in [-0.1, -0.05) is 12.1 Å². The van der Waals surface area contributed by atoms with Gasteiger partial charge < -0.3 is 9.73 Å². The number of amides is 1. The average molecular weight is 368 g/mol. The number of oxazole rings is 1. The fourth-order valence-electron chi connectivity index (χ4n) is 2.54. The largest absolute Gasteiger partial charge is 0.435 e. The number of rotatable bonds is 5. The van der Waals surface area contributed by atoms with Crippen LogP contribution in [0.4, 0.5) is 13.2 Å². The first kappa shape index (κ1) is 17.8. The van der Waals surface area contributed by atoms with Crippen molar-refractivity contribution >= 4 is 17.0 Å². The number of hydrogen-bond donors (Lipinski definition) is 1. The lowest BCUT2D eigenvalue weighted by atomic mass is 10.3. The van der Waals surface area contributed by atoms with E-state index in [4.69, 9.17) is 4.42 Å². The predicted octanol–water partition coefficient (Wildman–Crippen LogP) is 1.93. The van der Waals surface area contributed by atoms with E-state index in [0.29, 0.717) is 16.8 Å². The lowest BCUT2D eigenvalue weighted by Crippen LogP contribution is -2.33. The Hall–Kier alpha value is -3.04. The molecule has 10 heteroatoms. The second kappa shape index (κ2) is 6.70. The van der Waals surface area contributed by atoms with Gasteiger partial charge in [0.05, 0.1) is 12.1 Å². The number of hydrogen-bond acceptors (Lipinski definition) is 4. The van der Waals surface area contributed by atoms with Gasteiger partial charge in [-0.3, -0.25) is 14.0 Å². The van der Waals surface area contributed by atoms with E-state index in [1.807, 2.05) is 0 Å². The lowest BCUT2D eigenvalue weighted by Gasteiger charge is -2.07. The van der Waals surface area contributed by atoms with Crippen molar-refractivity contribution in [1.82, 2.24) is 19.7 Å². The van der Waals surface area contributed by atoms with E-state index in [1.54, 1.807) is 24.3 Å². The van der Waals surface area contributed by atoms with Crippen LogP contribution in [0.25, 0.3) is 11.1 Å². The maximum Gasteiger partial charge on any atom is 0.435 e. The number of nitrogens with one attached hydrogen (secondary N) is 1. The van der Waals surface area contributed by atoms with E-state index >= 15 is 0 Å². The second-order valence-electron chi connectivity index (χ2n) is 5.66. The molecule has 0 fully saturated rings. The molecule has 2 heterocycles. The highest BCUT2D eigenvalue weighted by molar-refractivity contribution is 5.79. The smallest absolute Gasteiger partial charge is 0.408 e. The minimum absolute atomic E-state index is 0.0726. The quantitative estimate of drug-likeness (QED) is 0.746. The van der Waals surface area contributed by atoms with Crippen LogP contribution < -0.4 is 11.1 Å². The highest BCUT2D eigenvalue weighted by atomic mass is 19.4. The number of fused-ring (bicyclic) bond motifs is 1. The first-order valence-electron chi connectivity index (χ1n) is 7.72. The predicted molar refractivity (Wildman–Crippen MR) is 85.4 cm³/mol. The molecule has 3 aromatic rings. The zero-order valence-corrected chi connectivity index (χ0v) is 13.7. The Kier molecular flexibility index (Phi) is 4.58. The van der Waals surface area contributed by atoms with Crippen LogP contribution in [0.15, 0.2) is 39.5 Å². The van der Waals surface area contributed by atoms with Crippen molar-refractivity contribution in [1.29, 1.82) is 0 Å². The molecule has 1 amide bonds. The minimum atomic E-state index is -4.51.